The van der Waals surface area contributed by atoms with Gasteiger partial charge in [-0.3, -0.25) is 0 Å². The van der Waals surface area contributed by atoms with E-state index < -0.39 is 10.0 Å². The second-order valence-corrected chi connectivity index (χ2v) is 5.97. The van der Waals surface area contributed by atoms with Gasteiger partial charge in [0.1, 0.15) is 0 Å². The van der Waals surface area contributed by atoms with Crippen molar-refractivity contribution in [3.05, 3.63) is 24.3 Å². The minimum absolute atomic E-state index is 0.0808. The summed E-state index contributed by atoms with van der Waals surface area (Å²) in [6.45, 7) is 5.64. The van der Waals surface area contributed by atoms with Crippen LogP contribution in [0.5, 0.6) is 0 Å². The van der Waals surface area contributed by atoms with Crippen molar-refractivity contribution in [3.63, 3.8) is 0 Å². The molecule has 1 rings (SSSR count). The van der Waals surface area contributed by atoms with E-state index in [4.69, 9.17) is 5.11 Å². The number of benzene rings is 1. The number of hydrogen-bond acceptors (Lipinski definition) is 4. The van der Waals surface area contributed by atoms with Gasteiger partial charge in [-0.25, -0.2) is 13.1 Å². The summed E-state index contributed by atoms with van der Waals surface area (Å²) in [4.78, 5) is 2.29. The number of aliphatic hydroxyl groups is 1. The monoisotopic (exact) mass is 286 g/mol. The fraction of sp³-hybridized carbons (Fsp3) is 0.538. The van der Waals surface area contributed by atoms with Gasteiger partial charge in [-0.15, -0.1) is 0 Å². The Morgan fingerprint density at radius 2 is 1.79 bits per heavy atom. The van der Waals surface area contributed by atoms with Crippen molar-refractivity contribution in [3.8, 4) is 0 Å². The maximum atomic E-state index is 11.8. The van der Waals surface area contributed by atoms with Crippen molar-refractivity contribution in [2.45, 2.75) is 25.2 Å². The van der Waals surface area contributed by atoms with Crippen LogP contribution in [0.4, 0.5) is 5.69 Å². The molecule has 0 aromatic heterocycles. The molecule has 0 aliphatic rings. The molecule has 0 heterocycles. The highest BCUT2D eigenvalue weighted by atomic mass is 32.2. The van der Waals surface area contributed by atoms with Crippen molar-refractivity contribution < 1.29 is 13.5 Å². The van der Waals surface area contributed by atoms with Gasteiger partial charge in [0.15, 0.2) is 0 Å². The predicted octanol–water partition coefficient (Wildman–Crippen LogP) is 1.19. The van der Waals surface area contributed by atoms with Gasteiger partial charge in [-0.1, -0.05) is 13.8 Å². The number of nitrogens with zero attached hydrogens (tertiary/aromatic N) is 1. The lowest BCUT2D eigenvalue weighted by Crippen LogP contribution is -2.27. The first-order chi connectivity index (χ1) is 9.05. The van der Waals surface area contributed by atoms with E-state index in [1.165, 1.54) is 0 Å². The van der Waals surface area contributed by atoms with Crippen LogP contribution in [0.25, 0.3) is 0 Å². The van der Waals surface area contributed by atoms with Gasteiger partial charge < -0.3 is 10.0 Å². The molecule has 0 bridgehead atoms. The van der Waals surface area contributed by atoms with Crippen molar-refractivity contribution in [2.75, 3.05) is 31.1 Å². The number of rotatable bonds is 8. The Balaban J connectivity index is 2.91. The standard InChI is InChI=1S/C13H22N2O3S/c1-3-9-15(10-11-16)12-5-7-13(8-6-12)19(17,18)14-4-2/h5-8,14,16H,3-4,9-11H2,1-2H3. The molecule has 2 N–H and O–H groups in total. The summed E-state index contributed by atoms with van der Waals surface area (Å²) in [6, 6.07) is 6.73. The summed E-state index contributed by atoms with van der Waals surface area (Å²) in [5, 5.41) is 9.03. The van der Waals surface area contributed by atoms with E-state index in [1.807, 2.05) is 4.90 Å². The number of nitrogens with one attached hydrogen (secondary N) is 1. The molecule has 19 heavy (non-hydrogen) atoms. The number of anilines is 1. The first-order valence-corrected chi connectivity index (χ1v) is 7.99. The van der Waals surface area contributed by atoms with Gasteiger partial charge >= 0.3 is 0 Å². The van der Waals surface area contributed by atoms with E-state index in [1.54, 1.807) is 31.2 Å². The highest BCUT2D eigenvalue weighted by Crippen LogP contribution is 2.18. The molecule has 0 atom stereocenters. The zero-order valence-corrected chi connectivity index (χ0v) is 12.3. The summed E-state index contributed by atoms with van der Waals surface area (Å²) in [6.07, 6.45) is 0.970. The lowest BCUT2D eigenvalue weighted by Gasteiger charge is -2.23. The van der Waals surface area contributed by atoms with Crippen molar-refractivity contribution >= 4 is 15.7 Å². The van der Waals surface area contributed by atoms with Crippen LogP contribution in [0.1, 0.15) is 20.3 Å². The number of sulfonamides is 1. The Labute approximate surface area is 115 Å². The first-order valence-electron chi connectivity index (χ1n) is 6.50. The molecule has 0 spiro atoms. The van der Waals surface area contributed by atoms with Gasteiger partial charge in [0.05, 0.1) is 11.5 Å². The summed E-state index contributed by atoms with van der Waals surface area (Å²) in [5.41, 5.74) is 0.923. The molecule has 6 heteroatoms. The molecule has 0 saturated carbocycles. The fourth-order valence-corrected chi connectivity index (χ4v) is 2.91. The van der Waals surface area contributed by atoms with Gasteiger partial charge in [-0.05, 0) is 30.7 Å². The average molecular weight is 286 g/mol. The smallest absolute Gasteiger partial charge is 0.240 e. The molecule has 1 aromatic carbocycles. The summed E-state index contributed by atoms with van der Waals surface area (Å²) >= 11 is 0. The highest BCUT2D eigenvalue weighted by Gasteiger charge is 2.13. The zero-order valence-electron chi connectivity index (χ0n) is 11.5. The fourth-order valence-electron chi connectivity index (χ4n) is 1.87. The quantitative estimate of drug-likeness (QED) is 0.753. The minimum Gasteiger partial charge on any atom is -0.395 e. The third-order valence-electron chi connectivity index (χ3n) is 2.71. The maximum absolute atomic E-state index is 11.8. The Bertz CT molecular complexity index is 465. The molecule has 108 valence electrons. The molecule has 0 amide bonds. The predicted molar refractivity (Wildman–Crippen MR) is 76.9 cm³/mol. The highest BCUT2D eigenvalue weighted by molar-refractivity contribution is 7.89. The van der Waals surface area contributed by atoms with Crippen molar-refractivity contribution in [1.29, 1.82) is 0 Å². The van der Waals surface area contributed by atoms with Crippen LogP contribution in [-0.4, -0.2) is 39.8 Å². The van der Waals surface area contributed by atoms with E-state index in [-0.39, 0.29) is 11.5 Å². The average Bonchev–Trinajstić information content (AvgIpc) is 2.39. The van der Waals surface area contributed by atoms with Crippen LogP contribution in [0, 0.1) is 0 Å². The van der Waals surface area contributed by atoms with Crippen LogP contribution in [0.3, 0.4) is 0 Å². The lowest BCUT2D eigenvalue weighted by atomic mass is 10.2. The number of aliphatic hydroxyl groups excluding tert-OH is 1. The first kappa shape index (κ1) is 15.9. The Hall–Kier alpha value is -1.11. The van der Waals surface area contributed by atoms with Crippen LogP contribution < -0.4 is 9.62 Å². The van der Waals surface area contributed by atoms with E-state index >= 15 is 0 Å². The SMILES string of the molecule is CCCN(CCO)c1ccc(S(=O)(=O)NCC)cc1. The van der Waals surface area contributed by atoms with Crippen molar-refractivity contribution in [2.24, 2.45) is 0 Å². The largest absolute Gasteiger partial charge is 0.395 e. The van der Waals surface area contributed by atoms with Gasteiger partial charge in [-0.2, -0.15) is 0 Å². The van der Waals surface area contributed by atoms with Crippen molar-refractivity contribution in [1.82, 2.24) is 4.72 Å². The second-order valence-electron chi connectivity index (χ2n) is 4.21. The van der Waals surface area contributed by atoms with E-state index in [0.717, 1.165) is 18.7 Å². The Morgan fingerprint density at radius 1 is 1.16 bits per heavy atom. The molecule has 0 saturated heterocycles. The topological polar surface area (TPSA) is 69.6 Å². The molecule has 0 unspecified atom stereocenters. The van der Waals surface area contributed by atoms with Crippen LogP contribution in [-0.2, 0) is 10.0 Å². The summed E-state index contributed by atoms with van der Waals surface area (Å²) < 4.78 is 26.1. The normalized spacial score (nSPS) is 11.5. The lowest BCUT2D eigenvalue weighted by molar-refractivity contribution is 0.302. The molecular formula is C13H22N2O3S. The minimum atomic E-state index is -3.40. The molecule has 0 fully saturated rings. The van der Waals surface area contributed by atoms with E-state index in [2.05, 4.69) is 11.6 Å². The van der Waals surface area contributed by atoms with Gasteiger partial charge in [0.25, 0.3) is 0 Å². The molecule has 0 aliphatic heterocycles. The van der Waals surface area contributed by atoms with Crippen LogP contribution in [0.15, 0.2) is 29.2 Å². The molecule has 1 aromatic rings. The maximum Gasteiger partial charge on any atom is 0.240 e. The van der Waals surface area contributed by atoms with Gasteiger partial charge in [0.2, 0.25) is 10.0 Å². The summed E-state index contributed by atoms with van der Waals surface area (Å²) in [7, 11) is -3.40. The molecule has 0 aliphatic carbocycles. The molecule has 0 radical (unpaired) electrons. The van der Waals surface area contributed by atoms with Gasteiger partial charge in [0, 0.05) is 25.3 Å². The number of hydrogen-bond donors (Lipinski definition) is 2. The Morgan fingerprint density at radius 3 is 2.26 bits per heavy atom. The van der Waals surface area contributed by atoms with Crippen LogP contribution in [0.2, 0.25) is 0 Å². The molecular weight excluding hydrogens is 264 g/mol. The van der Waals surface area contributed by atoms with E-state index in [0.29, 0.717) is 13.1 Å². The zero-order chi connectivity index (χ0) is 14.3. The van der Waals surface area contributed by atoms with Crippen LogP contribution >= 0.6 is 0 Å². The second kappa shape index (κ2) is 7.47. The third kappa shape index (κ3) is 4.49. The summed E-state index contributed by atoms with van der Waals surface area (Å²) in [5.74, 6) is 0. The Kier molecular flexibility index (Phi) is 6.27. The third-order valence-corrected chi connectivity index (χ3v) is 4.27. The van der Waals surface area contributed by atoms with E-state index in [9.17, 15) is 8.42 Å². The molecule has 5 nitrogen and oxygen atoms in total.